The lowest BCUT2D eigenvalue weighted by Gasteiger charge is -2.21. The van der Waals surface area contributed by atoms with E-state index in [2.05, 4.69) is 20.8 Å². The van der Waals surface area contributed by atoms with Gasteiger partial charge in [-0.15, -0.1) is 10.2 Å². The molecule has 9 heteroatoms. The summed E-state index contributed by atoms with van der Waals surface area (Å²) in [7, 11) is 1.81. The van der Waals surface area contributed by atoms with Gasteiger partial charge in [0.15, 0.2) is 11.0 Å². The molecule has 1 aromatic heterocycles. The van der Waals surface area contributed by atoms with Crippen molar-refractivity contribution in [2.24, 2.45) is 13.0 Å². The van der Waals surface area contributed by atoms with Crippen LogP contribution in [0.15, 0.2) is 59.8 Å². The molecule has 7 nitrogen and oxygen atoms in total. The minimum Gasteiger partial charge on any atom is -0.342 e. The second-order valence-electron chi connectivity index (χ2n) is 7.30. The van der Waals surface area contributed by atoms with E-state index in [4.69, 9.17) is 0 Å². The minimum absolute atomic E-state index is 0.0789. The summed E-state index contributed by atoms with van der Waals surface area (Å²) in [5, 5.41) is 14.7. The fourth-order valence-electron chi connectivity index (χ4n) is 2.93. The van der Waals surface area contributed by atoms with Crippen molar-refractivity contribution < 1.29 is 14.0 Å². The number of nitrogens with one attached hydrogen (secondary N) is 2. The van der Waals surface area contributed by atoms with Crippen LogP contribution in [-0.2, 0) is 11.8 Å². The maximum atomic E-state index is 13.0. The van der Waals surface area contributed by atoms with Crippen molar-refractivity contribution in [3.8, 4) is 0 Å². The number of halogens is 1. The molecular weight excluding hydrogens is 417 g/mol. The molecule has 1 heterocycles. The van der Waals surface area contributed by atoms with Crippen molar-refractivity contribution in [2.45, 2.75) is 25.0 Å². The Morgan fingerprint density at radius 3 is 2.39 bits per heavy atom. The molecule has 3 aromatic rings. The third-order valence-corrected chi connectivity index (χ3v) is 5.62. The van der Waals surface area contributed by atoms with E-state index in [9.17, 15) is 14.0 Å². The highest BCUT2D eigenvalue weighted by atomic mass is 32.2. The minimum atomic E-state index is -0.363. The zero-order valence-corrected chi connectivity index (χ0v) is 18.3. The van der Waals surface area contributed by atoms with Gasteiger partial charge in [0.1, 0.15) is 5.82 Å². The van der Waals surface area contributed by atoms with Crippen LogP contribution in [0.1, 0.15) is 36.1 Å². The summed E-state index contributed by atoms with van der Waals surface area (Å²) in [6.07, 6.45) is 0. The molecule has 2 N–H and O–H groups in total. The normalized spacial score (nSPS) is 11.9. The molecule has 3 rings (SSSR count). The molecule has 162 valence electrons. The monoisotopic (exact) mass is 441 g/mol. The zero-order chi connectivity index (χ0) is 22.4. The van der Waals surface area contributed by atoms with E-state index in [1.54, 1.807) is 23.7 Å². The van der Waals surface area contributed by atoms with Crippen molar-refractivity contribution >= 4 is 29.3 Å². The molecule has 0 bridgehead atoms. The maximum Gasteiger partial charge on any atom is 0.251 e. The third-order valence-electron chi connectivity index (χ3n) is 4.60. The summed E-state index contributed by atoms with van der Waals surface area (Å²) in [4.78, 5) is 24.8. The van der Waals surface area contributed by atoms with Crippen LogP contribution in [0.5, 0.6) is 0 Å². The first kappa shape index (κ1) is 22.5. The van der Waals surface area contributed by atoms with Crippen LogP contribution in [0, 0.1) is 11.7 Å². The molecule has 0 saturated carbocycles. The molecule has 2 aromatic carbocycles. The molecule has 1 atom stereocenters. The van der Waals surface area contributed by atoms with E-state index in [1.165, 1.54) is 36.0 Å². The molecule has 31 heavy (non-hydrogen) atoms. The number of hydrogen-bond acceptors (Lipinski definition) is 5. The highest BCUT2D eigenvalue weighted by molar-refractivity contribution is 7.99. The van der Waals surface area contributed by atoms with Crippen LogP contribution < -0.4 is 10.6 Å². The van der Waals surface area contributed by atoms with Crippen LogP contribution in [-0.4, -0.2) is 32.3 Å². The second kappa shape index (κ2) is 10.2. The van der Waals surface area contributed by atoms with Gasteiger partial charge in [-0.05, 0) is 42.3 Å². The molecule has 0 radical (unpaired) electrons. The number of benzene rings is 2. The Balaban J connectivity index is 1.64. The van der Waals surface area contributed by atoms with Gasteiger partial charge in [-0.2, -0.15) is 0 Å². The molecule has 2 amide bonds. The molecule has 0 aliphatic heterocycles. The third kappa shape index (κ3) is 5.91. The van der Waals surface area contributed by atoms with Crippen LogP contribution in [0.3, 0.4) is 0 Å². The van der Waals surface area contributed by atoms with Crippen LogP contribution in [0.2, 0.25) is 0 Å². The first-order valence-corrected chi connectivity index (χ1v) is 10.8. The van der Waals surface area contributed by atoms with Gasteiger partial charge < -0.3 is 15.2 Å². The first-order chi connectivity index (χ1) is 14.8. The Kier molecular flexibility index (Phi) is 7.41. The first-order valence-electron chi connectivity index (χ1n) is 9.78. The predicted octanol–water partition coefficient (Wildman–Crippen LogP) is 3.81. The topological polar surface area (TPSA) is 88.9 Å². The molecule has 0 aliphatic rings. The SMILES string of the molecule is CC(C)[C@H](NC(=O)c1ccccc1)c1nnc(SCC(=O)Nc2ccc(F)cc2)n1C. The van der Waals surface area contributed by atoms with Crippen molar-refractivity contribution in [3.63, 3.8) is 0 Å². The average Bonchev–Trinajstić information content (AvgIpc) is 3.12. The predicted molar refractivity (Wildman–Crippen MR) is 118 cm³/mol. The standard InChI is InChI=1S/C22H24FN5O2S/c1-14(2)19(25-21(30)15-7-5-4-6-8-15)20-26-27-22(28(20)3)31-13-18(29)24-17-11-9-16(23)10-12-17/h4-12,14,19H,13H2,1-3H3,(H,24,29)(H,25,30)/t19-/m0/s1. The number of amides is 2. The lowest BCUT2D eigenvalue weighted by Crippen LogP contribution is -2.33. The lowest BCUT2D eigenvalue weighted by atomic mass is 10.0. The van der Waals surface area contributed by atoms with E-state index in [-0.39, 0.29) is 35.3 Å². The smallest absolute Gasteiger partial charge is 0.251 e. The number of thioether (sulfide) groups is 1. The number of hydrogen-bond donors (Lipinski definition) is 2. The summed E-state index contributed by atoms with van der Waals surface area (Å²) < 4.78 is 14.8. The molecule has 0 saturated heterocycles. The zero-order valence-electron chi connectivity index (χ0n) is 17.5. The van der Waals surface area contributed by atoms with Crippen LogP contribution in [0.4, 0.5) is 10.1 Å². The average molecular weight is 442 g/mol. The van der Waals surface area contributed by atoms with Gasteiger partial charge in [0.05, 0.1) is 11.8 Å². The number of carbonyl (C=O) groups excluding carboxylic acids is 2. The Morgan fingerprint density at radius 1 is 1.06 bits per heavy atom. The van der Waals surface area contributed by atoms with Crippen molar-refractivity contribution in [1.82, 2.24) is 20.1 Å². The summed E-state index contributed by atoms with van der Waals surface area (Å²) in [6.45, 7) is 3.99. The number of nitrogens with zero attached hydrogens (tertiary/aromatic N) is 3. The van der Waals surface area contributed by atoms with Crippen molar-refractivity contribution in [2.75, 3.05) is 11.1 Å². The maximum absolute atomic E-state index is 13.0. The van der Waals surface area contributed by atoms with Gasteiger partial charge in [0.2, 0.25) is 5.91 Å². The molecule has 0 unspecified atom stereocenters. The van der Waals surface area contributed by atoms with Crippen molar-refractivity contribution in [3.05, 3.63) is 71.8 Å². The summed E-state index contributed by atoms with van der Waals surface area (Å²) in [5.74, 6) is 0.0228. The van der Waals surface area contributed by atoms with Crippen molar-refractivity contribution in [1.29, 1.82) is 0 Å². The Bertz CT molecular complexity index is 1040. The van der Waals surface area contributed by atoms with Gasteiger partial charge >= 0.3 is 0 Å². The van der Waals surface area contributed by atoms with Gasteiger partial charge in [-0.3, -0.25) is 9.59 Å². The van der Waals surface area contributed by atoms with Gasteiger partial charge in [0.25, 0.3) is 5.91 Å². The Labute approximate surface area is 184 Å². The molecule has 0 aliphatic carbocycles. The second-order valence-corrected chi connectivity index (χ2v) is 8.25. The number of rotatable bonds is 8. The van der Waals surface area contributed by atoms with E-state index >= 15 is 0 Å². The molecular formula is C22H24FN5O2S. The Morgan fingerprint density at radius 2 is 1.74 bits per heavy atom. The summed E-state index contributed by atoms with van der Waals surface area (Å²) >= 11 is 1.23. The van der Waals surface area contributed by atoms with E-state index < -0.39 is 0 Å². The summed E-state index contributed by atoms with van der Waals surface area (Å²) in [6, 6.07) is 14.2. The van der Waals surface area contributed by atoms with E-state index in [0.717, 1.165) is 0 Å². The fraction of sp³-hybridized carbons (Fsp3) is 0.273. The Hall–Kier alpha value is -3.20. The number of anilines is 1. The lowest BCUT2D eigenvalue weighted by molar-refractivity contribution is -0.113. The molecule has 0 spiro atoms. The van der Waals surface area contributed by atoms with Crippen LogP contribution in [0.25, 0.3) is 0 Å². The van der Waals surface area contributed by atoms with Gasteiger partial charge in [-0.1, -0.05) is 43.8 Å². The quantitative estimate of drug-likeness (QED) is 0.519. The van der Waals surface area contributed by atoms with Gasteiger partial charge in [-0.25, -0.2) is 4.39 Å². The summed E-state index contributed by atoms with van der Waals surface area (Å²) in [5.41, 5.74) is 1.09. The number of aromatic nitrogens is 3. The van der Waals surface area contributed by atoms with E-state index in [0.29, 0.717) is 22.2 Å². The highest BCUT2D eigenvalue weighted by Crippen LogP contribution is 2.24. The molecule has 0 fully saturated rings. The van der Waals surface area contributed by atoms with Crippen LogP contribution >= 0.6 is 11.8 Å². The number of carbonyl (C=O) groups is 2. The van der Waals surface area contributed by atoms with E-state index in [1.807, 2.05) is 32.0 Å². The highest BCUT2D eigenvalue weighted by Gasteiger charge is 2.25. The largest absolute Gasteiger partial charge is 0.342 e. The van der Waals surface area contributed by atoms with Gasteiger partial charge in [0, 0.05) is 18.3 Å². The fourth-order valence-corrected chi connectivity index (χ4v) is 3.64.